The average molecular weight is 324 g/mol. The van der Waals surface area contributed by atoms with E-state index in [1.807, 2.05) is 52.1 Å². The van der Waals surface area contributed by atoms with Gasteiger partial charge in [0.05, 0.1) is 27.3 Å². The van der Waals surface area contributed by atoms with Gasteiger partial charge in [-0.15, -0.1) is 11.8 Å². The summed E-state index contributed by atoms with van der Waals surface area (Å²) >= 11 is 7.57. The van der Waals surface area contributed by atoms with Crippen LogP contribution in [0.15, 0.2) is 29.2 Å². The Balaban J connectivity index is 2.08. The maximum Gasteiger partial charge on any atom is 0.237 e. The molecule has 0 fully saturated rings. The zero-order valence-electron chi connectivity index (χ0n) is 12.5. The minimum Gasteiger partial charge on any atom is -0.322 e. The molecule has 112 valence electrons. The van der Waals surface area contributed by atoms with E-state index in [0.29, 0.717) is 5.02 Å². The van der Waals surface area contributed by atoms with Crippen LogP contribution in [0.4, 0.5) is 5.69 Å². The predicted molar refractivity (Wildman–Crippen MR) is 88.1 cm³/mol. The molecule has 1 aromatic carbocycles. The molecule has 0 aliphatic rings. The molecule has 1 amide bonds. The van der Waals surface area contributed by atoms with E-state index in [2.05, 4.69) is 10.4 Å². The first-order valence-electron chi connectivity index (χ1n) is 6.62. The molecular weight excluding hydrogens is 306 g/mol. The number of carbonyl (C=O) groups excluding carboxylic acids is 1. The molecule has 0 aliphatic carbocycles. The summed E-state index contributed by atoms with van der Waals surface area (Å²) < 4.78 is 1.76. The lowest BCUT2D eigenvalue weighted by molar-refractivity contribution is -0.115. The van der Waals surface area contributed by atoms with Crippen LogP contribution in [0.1, 0.15) is 18.3 Å². The minimum atomic E-state index is -0.246. The van der Waals surface area contributed by atoms with Crippen LogP contribution in [-0.4, -0.2) is 20.9 Å². The molecule has 1 N–H and O–H groups in total. The smallest absolute Gasteiger partial charge is 0.237 e. The zero-order chi connectivity index (χ0) is 15.6. The Morgan fingerprint density at radius 3 is 2.62 bits per heavy atom. The van der Waals surface area contributed by atoms with E-state index in [0.717, 1.165) is 22.0 Å². The van der Waals surface area contributed by atoms with Crippen molar-refractivity contribution >= 4 is 35.0 Å². The number of aromatic nitrogens is 2. The maximum atomic E-state index is 12.3. The van der Waals surface area contributed by atoms with Gasteiger partial charge in [0.25, 0.3) is 0 Å². The molecule has 1 aromatic heterocycles. The zero-order valence-corrected chi connectivity index (χ0v) is 14.0. The maximum absolute atomic E-state index is 12.3. The molecule has 0 aliphatic heterocycles. The van der Waals surface area contributed by atoms with E-state index in [4.69, 9.17) is 11.6 Å². The standard InChI is InChI=1S/C15H18ClN3OS/c1-9-14(10(2)19(4)18-9)17-15(20)11(3)21-13-8-6-5-7-12(13)16/h5-8,11H,1-4H3,(H,17,20)/t11-/m1/s1. The van der Waals surface area contributed by atoms with Gasteiger partial charge < -0.3 is 5.32 Å². The van der Waals surface area contributed by atoms with Crippen molar-refractivity contribution in [2.45, 2.75) is 30.9 Å². The molecule has 0 bridgehead atoms. The van der Waals surface area contributed by atoms with Gasteiger partial charge in [0.15, 0.2) is 0 Å². The third kappa shape index (κ3) is 3.60. The number of carbonyl (C=O) groups is 1. The number of nitrogens with zero attached hydrogens (tertiary/aromatic N) is 2. The number of halogens is 1. The summed E-state index contributed by atoms with van der Waals surface area (Å²) in [6, 6.07) is 7.52. The van der Waals surface area contributed by atoms with Crippen LogP contribution in [-0.2, 0) is 11.8 Å². The fraction of sp³-hybridized carbons (Fsp3) is 0.333. The molecule has 1 heterocycles. The van der Waals surface area contributed by atoms with Gasteiger partial charge in [-0.2, -0.15) is 5.10 Å². The summed E-state index contributed by atoms with van der Waals surface area (Å²) in [5.41, 5.74) is 2.54. The fourth-order valence-corrected chi connectivity index (χ4v) is 3.12. The molecule has 0 unspecified atom stereocenters. The van der Waals surface area contributed by atoms with Gasteiger partial charge in [0.2, 0.25) is 5.91 Å². The number of thioether (sulfide) groups is 1. The van der Waals surface area contributed by atoms with E-state index in [9.17, 15) is 4.79 Å². The first kappa shape index (κ1) is 15.9. The van der Waals surface area contributed by atoms with Crippen LogP contribution >= 0.6 is 23.4 Å². The van der Waals surface area contributed by atoms with Crippen molar-refractivity contribution in [3.63, 3.8) is 0 Å². The number of amides is 1. The Hall–Kier alpha value is -1.46. The lowest BCUT2D eigenvalue weighted by Crippen LogP contribution is -2.23. The molecule has 0 saturated carbocycles. The number of anilines is 1. The number of rotatable bonds is 4. The van der Waals surface area contributed by atoms with E-state index in [-0.39, 0.29) is 11.2 Å². The van der Waals surface area contributed by atoms with Crippen molar-refractivity contribution < 1.29 is 4.79 Å². The summed E-state index contributed by atoms with van der Waals surface area (Å²) in [5, 5.41) is 7.66. The van der Waals surface area contributed by atoms with E-state index >= 15 is 0 Å². The van der Waals surface area contributed by atoms with E-state index in [1.165, 1.54) is 11.8 Å². The van der Waals surface area contributed by atoms with Gasteiger partial charge in [-0.1, -0.05) is 23.7 Å². The lowest BCUT2D eigenvalue weighted by atomic mass is 10.3. The second-order valence-electron chi connectivity index (χ2n) is 4.85. The largest absolute Gasteiger partial charge is 0.322 e. The van der Waals surface area contributed by atoms with Gasteiger partial charge in [0, 0.05) is 11.9 Å². The van der Waals surface area contributed by atoms with Crippen LogP contribution in [0, 0.1) is 13.8 Å². The highest BCUT2D eigenvalue weighted by Crippen LogP contribution is 2.30. The Morgan fingerprint density at radius 1 is 1.38 bits per heavy atom. The first-order chi connectivity index (χ1) is 9.90. The Morgan fingerprint density at radius 2 is 2.05 bits per heavy atom. The Bertz CT molecular complexity index is 669. The Kier molecular flexibility index (Phi) is 4.96. The highest BCUT2D eigenvalue weighted by atomic mass is 35.5. The molecule has 1 atom stereocenters. The average Bonchev–Trinajstić information content (AvgIpc) is 2.67. The number of benzene rings is 1. The highest BCUT2D eigenvalue weighted by Gasteiger charge is 2.19. The van der Waals surface area contributed by atoms with Gasteiger partial charge in [-0.25, -0.2) is 0 Å². The summed E-state index contributed by atoms with van der Waals surface area (Å²) in [6.07, 6.45) is 0. The third-order valence-corrected chi connectivity index (χ3v) is 4.89. The molecule has 21 heavy (non-hydrogen) atoms. The van der Waals surface area contributed by atoms with Gasteiger partial charge in [-0.05, 0) is 32.9 Å². The SMILES string of the molecule is Cc1nn(C)c(C)c1NC(=O)[C@@H](C)Sc1ccccc1Cl. The monoisotopic (exact) mass is 323 g/mol. The van der Waals surface area contributed by atoms with Gasteiger partial charge in [0.1, 0.15) is 0 Å². The van der Waals surface area contributed by atoms with Crippen molar-refractivity contribution in [1.29, 1.82) is 0 Å². The van der Waals surface area contributed by atoms with E-state index < -0.39 is 0 Å². The van der Waals surface area contributed by atoms with Crippen molar-refractivity contribution in [3.8, 4) is 0 Å². The van der Waals surface area contributed by atoms with Crippen LogP contribution < -0.4 is 5.32 Å². The fourth-order valence-electron chi connectivity index (χ4n) is 1.96. The molecule has 4 nitrogen and oxygen atoms in total. The topological polar surface area (TPSA) is 46.9 Å². The molecule has 6 heteroatoms. The summed E-state index contributed by atoms with van der Waals surface area (Å²) in [6.45, 7) is 5.68. The highest BCUT2D eigenvalue weighted by molar-refractivity contribution is 8.00. The lowest BCUT2D eigenvalue weighted by Gasteiger charge is -2.13. The molecule has 0 spiro atoms. The number of hydrogen-bond acceptors (Lipinski definition) is 3. The number of nitrogens with one attached hydrogen (secondary N) is 1. The second kappa shape index (κ2) is 6.54. The van der Waals surface area contributed by atoms with Crippen molar-refractivity contribution in [2.75, 3.05) is 5.32 Å². The van der Waals surface area contributed by atoms with Crippen LogP contribution in [0.25, 0.3) is 0 Å². The molecule has 0 radical (unpaired) electrons. The minimum absolute atomic E-state index is 0.0564. The van der Waals surface area contributed by atoms with Crippen LogP contribution in [0.5, 0.6) is 0 Å². The molecule has 2 aromatic rings. The molecular formula is C15H18ClN3OS. The first-order valence-corrected chi connectivity index (χ1v) is 7.88. The van der Waals surface area contributed by atoms with Crippen molar-refractivity contribution in [3.05, 3.63) is 40.7 Å². The number of aryl methyl sites for hydroxylation is 2. The number of hydrogen-bond donors (Lipinski definition) is 1. The van der Waals surface area contributed by atoms with E-state index in [1.54, 1.807) is 4.68 Å². The van der Waals surface area contributed by atoms with Gasteiger partial charge in [-0.3, -0.25) is 9.48 Å². The third-order valence-electron chi connectivity index (χ3n) is 3.27. The quantitative estimate of drug-likeness (QED) is 0.870. The van der Waals surface area contributed by atoms with Gasteiger partial charge >= 0.3 is 0 Å². The predicted octanol–water partition coefficient (Wildman–Crippen LogP) is 3.81. The van der Waals surface area contributed by atoms with Crippen molar-refractivity contribution in [2.24, 2.45) is 7.05 Å². The van der Waals surface area contributed by atoms with Crippen LogP contribution in [0.3, 0.4) is 0 Å². The van der Waals surface area contributed by atoms with Crippen LogP contribution in [0.2, 0.25) is 5.02 Å². The Labute approximate surface area is 133 Å². The summed E-state index contributed by atoms with van der Waals surface area (Å²) in [5.74, 6) is -0.0564. The molecule has 0 saturated heterocycles. The molecule has 2 rings (SSSR count). The van der Waals surface area contributed by atoms with Crippen molar-refractivity contribution in [1.82, 2.24) is 9.78 Å². The summed E-state index contributed by atoms with van der Waals surface area (Å²) in [4.78, 5) is 13.2. The normalized spacial score (nSPS) is 12.2. The second-order valence-corrected chi connectivity index (χ2v) is 6.64. The summed E-state index contributed by atoms with van der Waals surface area (Å²) in [7, 11) is 1.86.